The maximum absolute atomic E-state index is 11.9. The van der Waals surface area contributed by atoms with Crippen molar-refractivity contribution in [3.05, 3.63) is 29.2 Å². The maximum atomic E-state index is 11.9. The van der Waals surface area contributed by atoms with Crippen LogP contribution in [-0.4, -0.2) is 39.6 Å². The van der Waals surface area contributed by atoms with E-state index in [1.807, 2.05) is 17.5 Å². The Balaban J connectivity index is 2.05. The number of hydrogen-bond acceptors (Lipinski definition) is 4. The maximum Gasteiger partial charge on any atom is 0.214 e. The summed E-state index contributed by atoms with van der Waals surface area (Å²) in [5.41, 5.74) is 3.76. The summed E-state index contributed by atoms with van der Waals surface area (Å²) in [4.78, 5) is 4.34. The Hall–Kier alpha value is -1.47. The second-order valence-electron chi connectivity index (χ2n) is 4.77. The van der Waals surface area contributed by atoms with Crippen LogP contribution in [0.1, 0.15) is 23.9 Å². The van der Waals surface area contributed by atoms with Gasteiger partial charge in [-0.15, -0.1) is 0 Å². The highest BCUT2D eigenvalue weighted by Crippen LogP contribution is 2.21. The van der Waals surface area contributed by atoms with E-state index in [0.29, 0.717) is 19.5 Å². The number of aromatic nitrogens is 3. The number of nitrogens with zero attached hydrogens (tertiary/aromatic N) is 4. The van der Waals surface area contributed by atoms with Gasteiger partial charge in [-0.25, -0.2) is 17.9 Å². The van der Waals surface area contributed by atoms with E-state index in [4.69, 9.17) is 0 Å². The Morgan fingerprint density at radius 3 is 2.95 bits per heavy atom. The summed E-state index contributed by atoms with van der Waals surface area (Å²) in [7, 11) is -3.14. The number of sulfonamides is 1. The van der Waals surface area contributed by atoms with Crippen LogP contribution >= 0.6 is 0 Å². The van der Waals surface area contributed by atoms with Gasteiger partial charge in [-0.05, 0) is 13.8 Å². The van der Waals surface area contributed by atoms with Crippen LogP contribution < -0.4 is 0 Å². The molecule has 7 heteroatoms. The molecule has 102 valence electrons. The average Bonchev–Trinajstić information content (AvgIpc) is 2.78. The Morgan fingerprint density at radius 2 is 2.21 bits per heavy atom. The van der Waals surface area contributed by atoms with Crippen LogP contribution in [0.25, 0.3) is 5.65 Å². The molecule has 2 aromatic heterocycles. The highest BCUT2D eigenvalue weighted by molar-refractivity contribution is 7.89. The van der Waals surface area contributed by atoms with E-state index in [1.165, 1.54) is 4.31 Å². The smallest absolute Gasteiger partial charge is 0.214 e. The summed E-state index contributed by atoms with van der Waals surface area (Å²) in [5, 5.41) is 4.42. The highest BCUT2D eigenvalue weighted by Gasteiger charge is 2.27. The molecule has 0 unspecified atom stereocenters. The van der Waals surface area contributed by atoms with Crippen LogP contribution in [0.2, 0.25) is 0 Å². The lowest BCUT2D eigenvalue weighted by Crippen LogP contribution is -2.37. The molecule has 0 saturated heterocycles. The third-order valence-electron chi connectivity index (χ3n) is 3.49. The van der Waals surface area contributed by atoms with E-state index in [1.54, 1.807) is 13.1 Å². The van der Waals surface area contributed by atoms with Crippen LogP contribution in [0.15, 0.2) is 12.3 Å². The first-order valence-corrected chi connectivity index (χ1v) is 7.93. The van der Waals surface area contributed by atoms with Crippen LogP contribution in [0.3, 0.4) is 0 Å². The molecule has 0 aliphatic carbocycles. The lowest BCUT2D eigenvalue weighted by molar-refractivity contribution is 0.385. The summed E-state index contributed by atoms with van der Waals surface area (Å²) in [6, 6.07) is 1.93. The standard InChI is InChI=1S/C12H16N4O2S/c1-3-19(17,18)15-5-4-11-10(8-15)7-13-12-6-9(2)14-16(11)12/h6-7H,3-5,8H2,1-2H3. The van der Waals surface area contributed by atoms with Gasteiger partial charge in [0.15, 0.2) is 5.65 Å². The zero-order chi connectivity index (χ0) is 13.6. The second-order valence-corrected chi connectivity index (χ2v) is 7.03. The molecule has 0 saturated carbocycles. The fourth-order valence-corrected chi connectivity index (χ4v) is 3.52. The quantitative estimate of drug-likeness (QED) is 0.814. The lowest BCUT2D eigenvalue weighted by Gasteiger charge is -2.27. The zero-order valence-electron chi connectivity index (χ0n) is 11.0. The number of fused-ring (bicyclic) bond motifs is 3. The number of aryl methyl sites for hydroxylation is 1. The molecule has 3 rings (SSSR count). The monoisotopic (exact) mass is 280 g/mol. The third-order valence-corrected chi connectivity index (χ3v) is 5.32. The van der Waals surface area contributed by atoms with E-state index >= 15 is 0 Å². The van der Waals surface area contributed by atoms with Crippen molar-refractivity contribution in [2.75, 3.05) is 12.3 Å². The molecule has 0 bridgehead atoms. The highest BCUT2D eigenvalue weighted by atomic mass is 32.2. The molecular formula is C12H16N4O2S. The minimum absolute atomic E-state index is 0.138. The minimum Gasteiger partial charge on any atom is -0.237 e. The number of hydrogen-bond donors (Lipinski definition) is 0. The molecule has 3 heterocycles. The minimum atomic E-state index is -3.14. The number of rotatable bonds is 2. The van der Waals surface area contributed by atoms with Gasteiger partial charge in [0.1, 0.15) is 0 Å². The predicted octanol–water partition coefficient (Wildman–Crippen LogP) is 0.746. The van der Waals surface area contributed by atoms with Gasteiger partial charge in [0.05, 0.1) is 17.1 Å². The van der Waals surface area contributed by atoms with Gasteiger partial charge in [-0.1, -0.05) is 0 Å². The third kappa shape index (κ3) is 2.02. The molecule has 0 fully saturated rings. The Kier molecular flexibility index (Phi) is 2.83. The van der Waals surface area contributed by atoms with Gasteiger partial charge < -0.3 is 0 Å². The zero-order valence-corrected chi connectivity index (χ0v) is 11.8. The molecule has 1 aliphatic rings. The Bertz CT molecular complexity index is 736. The summed E-state index contributed by atoms with van der Waals surface area (Å²) in [6.07, 6.45) is 2.44. The van der Waals surface area contributed by atoms with Crippen molar-refractivity contribution in [2.24, 2.45) is 0 Å². The van der Waals surface area contributed by atoms with Gasteiger partial charge in [0.2, 0.25) is 10.0 Å². The molecule has 0 amide bonds. The summed E-state index contributed by atoms with van der Waals surface area (Å²) in [5.74, 6) is 0.138. The summed E-state index contributed by atoms with van der Waals surface area (Å²) < 4.78 is 27.2. The topological polar surface area (TPSA) is 67.6 Å². The van der Waals surface area contributed by atoms with Crippen LogP contribution in [-0.2, 0) is 23.0 Å². The predicted molar refractivity (Wildman–Crippen MR) is 71.3 cm³/mol. The fourth-order valence-electron chi connectivity index (χ4n) is 2.45. The SMILES string of the molecule is CCS(=O)(=O)N1CCc2c(cnc3cc(C)nn23)C1. The van der Waals surface area contributed by atoms with Gasteiger partial charge >= 0.3 is 0 Å². The molecule has 0 radical (unpaired) electrons. The Labute approximate surface area is 112 Å². The second kappa shape index (κ2) is 4.28. The van der Waals surface area contributed by atoms with E-state index in [9.17, 15) is 8.42 Å². The van der Waals surface area contributed by atoms with Crippen LogP contribution in [0.5, 0.6) is 0 Å². The van der Waals surface area contributed by atoms with Gasteiger partial charge in [0.25, 0.3) is 0 Å². The van der Waals surface area contributed by atoms with Gasteiger partial charge in [-0.2, -0.15) is 9.40 Å². The van der Waals surface area contributed by atoms with E-state index in [0.717, 1.165) is 22.6 Å². The van der Waals surface area contributed by atoms with E-state index in [-0.39, 0.29) is 5.75 Å². The first-order chi connectivity index (χ1) is 9.01. The van der Waals surface area contributed by atoms with Crippen molar-refractivity contribution in [1.29, 1.82) is 0 Å². The van der Waals surface area contributed by atoms with Crippen molar-refractivity contribution in [3.63, 3.8) is 0 Å². The molecule has 2 aromatic rings. The molecule has 6 nitrogen and oxygen atoms in total. The largest absolute Gasteiger partial charge is 0.237 e. The first kappa shape index (κ1) is 12.6. The summed E-state index contributed by atoms with van der Waals surface area (Å²) in [6.45, 7) is 4.51. The van der Waals surface area contributed by atoms with Gasteiger partial charge in [-0.3, -0.25) is 0 Å². The normalized spacial score (nSPS) is 16.7. The average molecular weight is 280 g/mol. The van der Waals surface area contributed by atoms with E-state index in [2.05, 4.69) is 10.1 Å². The van der Waals surface area contributed by atoms with Crippen molar-refractivity contribution < 1.29 is 8.42 Å². The van der Waals surface area contributed by atoms with Crippen molar-refractivity contribution in [1.82, 2.24) is 18.9 Å². The molecule has 1 aliphatic heterocycles. The van der Waals surface area contributed by atoms with Crippen molar-refractivity contribution in [2.45, 2.75) is 26.8 Å². The fraction of sp³-hybridized carbons (Fsp3) is 0.500. The first-order valence-electron chi connectivity index (χ1n) is 6.32. The molecule has 0 atom stereocenters. The molecule has 0 spiro atoms. The molecule has 0 N–H and O–H groups in total. The molecular weight excluding hydrogens is 264 g/mol. The lowest BCUT2D eigenvalue weighted by atomic mass is 10.1. The van der Waals surface area contributed by atoms with Crippen LogP contribution in [0, 0.1) is 6.92 Å². The van der Waals surface area contributed by atoms with Crippen molar-refractivity contribution >= 4 is 15.7 Å². The molecule has 0 aromatic carbocycles. The van der Waals surface area contributed by atoms with Crippen molar-refractivity contribution in [3.8, 4) is 0 Å². The molecule has 19 heavy (non-hydrogen) atoms. The summed E-state index contributed by atoms with van der Waals surface area (Å²) >= 11 is 0. The van der Waals surface area contributed by atoms with E-state index < -0.39 is 10.0 Å². The Morgan fingerprint density at radius 1 is 1.42 bits per heavy atom. The van der Waals surface area contributed by atoms with Gasteiger partial charge in [0, 0.05) is 37.3 Å². The van der Waals surface area contributed by atoms with Crippen LogP contribution in [0.4, 0.5) is 0 Å².